The van der Waals surface area contributed by atoms with E-state index in [-0.39, 0.29) is 19.2 Å². The van der Waals surface area contributed by atoms with E-state index in [0.29, 0.717) is 52.4 Å². The molecule has 0 aromatic carbocycles. The molecule has 1 aliphatic rings. The summed E-state index contributed by atoms with van der Waals surface area (Å²) in [4.78, 5) is 25.4. The van der Waals surface area contributed by atoms with Crippen molar-refractivity contribution < 1.29 is 25.2 Å². The van der Waals surface area contributed by atoms with Crippen LogP contribution in [0.2, 0.25) is 0 Å². The van der Waals surface area contributed by atoms with Crippen LogP contribution in [0.15, 0.2) is 0 Å². The quantitative estimate of drug-likeness (QED) is 0.470. The number of likely N-dealkylation sites (tertiary alicyclic amines) is 1. The minimum Gasteiger partial charge on any atom is -0.383 e. The molecule has 0 unspecified atom stereocenters. The van der Waals surface area contributed by atoms with Gasteiger partial charge in [0.15, 0.2) is 0 Å². The molecule has 1 saturated heterocycles. The Morgan fingerprint density at radius 1 is 1.17 bits per heavy atom. The lowest BCUT2D eigenvalue weighted by Gasteiger charge is -2.23. The smallest absolute Gasteiger partial charge is 0.237 e. The molecule has 1 atom stereocenters. The van der Waals surface area contributed by atoms with Crippen molar-refractivity contribution in [1.29, 1.82) is 0 Å². The van der Waals surface area contributed by atoms with Gasteiger partial charge in [0.1, 0.15) is 5.78 Å². The van der Waals surface area contributed by atoms with Crippen LogP contribution in [0.5, 0.6) is 0 Å². The van der Waals surface area contributed by atoms with Gasteiger partial charge in [-0.05, 0) is 19.4 Å². The maximum atomic E-state index is 12.2. The number of nitrogens with zero attached hydrogens (tertiary/aromatic N) is 1. The van der Waals surface area contributed by atoms with E-state index in [2.05, 4.69) is 10.2 Å². The molecule has 142 valence electrons. The lowest BCUT2D eigenvalue weighted by atomic mass is 10.2. The molecule has 1 heterocycles. The first-order valence-corrected chi connectivity index (χ1v) is 8.87. The van der Waals surface area contributed by atoms with Gasteiger partial charge < -0.3 is 19.5 Å². The molecular weight excluding hydrogens is 312 g/mol. The fraction of sp³-hybridized carbons (Fsp3) is 0.882. The molecule has 7 heteroatoms. The summed E-state index contributed by atoms with van der Waals surface area (Å²) in [6.45, 7) is 6.61. The van der Waals surface area contributed by atoms with Crippen LogP contribution in [0.4, 0.5) is 0 Å². The van der Waals surface area contributed by atoms with Gasteiger partial charge in [0.2, 0.25) is 5.91 Å². The number of carbonyl (C=O) groups excluding carboxylic acids is 2. The van der Waals surface area contributed by atoms with E-state index in [1.165, 1.54) is 0 Å². The van der Waals surface area contributed by atoms with E-state index in [4.69, 9.17) is 14.2 Å². The first-order chi connectivity index (χ1) is 11.7. The molecule has 0 aromatic rings. The van der Waals surface area contributed by atoms with E-state index in [1.807, 2.05) is 6.92 Å². The maximum absolute atomic E-state index is 12.2. The molecule has 1 amide bonds. The summed E-state index contributed by atoms with van der Waals surface area (Å²) in [6.07, 6.45) is 2.98. The number of amides is 1. The maximum Gasteiger partial charge on any atom is 0.237 e. The van der Waals surface area contributed by atoms with Gasteiger partial charge in [-0.25, -0.2) is 0 Å². The summed E-state index contributed by atoms with van der Waals surface area (Å²) in [6, 6.07) is -0.0421. The number of carbonyl (C=O) groups is 2. The highest BCUT2D eigenvalue weighted by molar-refractivity contribution is 5.82. The third-order valence-corrected chi connectivity index (χ3v) is 4.09. The molecule has 1 aliphatic heterocycles. The van der Waals surface area contributed by atoms with Crippen LogP contribution >= 0.6 is 0 Å². The number of ketones is 1. The Balaban J connectivity index is 0.00000576. The van der Waals surface area contributed by atoms with Gasteiger partial charge in [-0.3, -0.25) is 14.5 Å². The lowest BCUT2D eigenvalue weighted by molar-refractivity contribution is -0.125. The highest BCUT2D eigenvalue weighted by Crippen LogP contribution is 2.16. The molecule has 0 aromatic heterocycles. The van der Waals surface area contributed by atoms with Crippen molar-refractivity contribution in [2.75, 3.05) is 59.8 Å². The van der Waals surface area contributed by atoms with Gasteiger partial charge in [-0.2, -0.15) is 0 Å². The number of Topliss-reactive ketones (excluding diaryl/α,β-unsaturated/α-hetero) is 1. The van der Waals surface area contributed by atoms with E-state index in [9.17, 15) is 9.59 Å². The number of ether oxygens (including phenoxy) is 3. The predicted molar refractivity (Wildman–Crippen MR) is 93.1 cm³/mol. The van der Waals surface area contributed by atoms with Gasteiger partial charge in [0, 0.05) is 34.5 Å². The summed E-state index contributed by atoms with van der Waals surface area (Å²) in [7, 11) is 1.67. The van der Waals surface area contributed by atoms with Crippen LogP contribution in [0.3, 0.4) is 0 Å². The van der Waals surface area contributed by atoms with Gasteiger partial charge in [-0.1, -0.05) is 6.92 Å². The van der Waals surface area contributed by atoms with Crippen LogP contribution in [-0.2, 0) is 23.8 Å². The molecule has 0 bridgehead atoms. The normalized spacial score (nSPS) is 18.0. The van der Waals surface area contributed by atoms with Crippen LogP contribution in [0.1, 0.15) is 34.0 Å². The van der Waals surface area contributed by atoms with Crippen molar-refractivity contribution in [3.8, 4) is 0 Å². The zero-order valence-electron chi connectivity index (χ0n) is 15.1. The van der Waals surface area contributed by atoms with Gasteiger partial charge >= 0.3 is 0 Å². The molecule has 0 saturated carbocycles. The van der Waals surface area contributed by atoms with Crippen LogP contribution in [0.25, 0.3) is 0 Å². The third kappa shape index (κ3) is 8.73. The zero-order chi connectivity index (χ0) is 17.6. The van der Waals surface area contributed by atoms with Crippen molar-refractivity contribution in [3.63, 3.8) is 0 Å². The Bertz CT molecular complexity index is 371. The number of hydrogen-bond donors (Lipinski definition) is 1. The fourth-order valence-corrected chi connectivity index (χ4v) is 2.65. The molecular formula is C17H34N2O5. The third-order valence-electron chi connectivity index (χ3n) is 4.09. The van der Waals surface area contributed by atoms with Crippen molar-refractivity contribution >= 4 is 11.7 Å². The first kappa shape index (κ1) is 21.0. The average Bonchev–Trinajstić information content (AvgIpc) is 3.06. The second kappa shape index (κ2) is 13.3. The van der Waals surface area contributed by atoms with Crippen LogP contribution in [-0.4, -0.2) is 82.4 Å². The lowest BCUT2D eigenvalue weighted by Crippen LogP contribution is -2.45. The standard InChI is InChI=1S/C17H32N2O5.H2/c1-3-15(20)6-10-23-13-14-24-11-7-18-17(21)16-5-4-8-19(16)9-12-22-2;/h16H,3-14H2,1-2H3,(H,18,21);1H/t16-;/m0./s1. The Hall–Kier alpha value is -1.02. The molecule has 24 heavy (non-hydrogen) atoms. The monoisotopic (exact) mass is 346 g/mol. The first-order valence-electron chi connectivity index (χ1n) is 8.87. The van der Waals surface area contributed by atoms with Gasteiger partial charge in [0.05, 0.1) is 39.1 Å². The van der Waals surface area contributed by atoms with E-state index in [1.54, 1.807) is 7.11 Å². The Morgan fingerprint density at radius 3 is 2.62 bits per heavy atom. The minimum absolute atomic E-state index is 0. The topological polar surface area (TPSA) is 77.1 Å². The van der Waals surface area contributed by atoms with E-state index < -0.39 is 0 Å². The Labute approximate surface area is 146 Å². The summed E-state index contributed by atoms with van der Waals surface area (Å²) in [5, 5.41) is 2.92. The summed E-state index contributed by atoms with van der Waals surface area (Å²) in [5.74, 6) is 0.284. The molecule has 0 spiro atoms. The summed E-state index contributed by atoms with van der Waals surface area (Å²) in [5.41, 5.74) is 0. The number of methoxy groups -OCH3 is 1. The van der Waals surface area contributed by atoms with Crippen molar-refractivity contribution in [2.45, 2.75) is 38.6 Å². The van der Waals surface area contributed by atoms with E-state index >= 15 is 0 Å². The average molecular weight is 346 g/mol. The second-order valence-corrected chi connectivity index (χ2v) is 5.84. The van der Waals surface area contributed by atoms with Crippen LogP contribution in [0, 0.1) is 0 Å². The molecule has 7 nitrogen and oxygen atoms in total. The predicted octanol–water partition coefficient (Wildman–Crippen LogP) is 0.862. The number of nitrogens with one attached hydrogen (secondary N) is 1. The Morgan fingerprint density at radius 2 is 1.92 bits per heavy atom. The summed E-state index contributed by atoms with van der Waals surface area (Å²) >= 11 is 0. The molecule has 0 aliphatic carbocycles. The number of hydrogen-bond acceptors (Lipinski definition) is 6. The molecule has 1 rings (SSSR count). The number of rotatable bonds is 14. The molecule has 1 N–H and O–H groups in total. The Kier molecular flexibility index (Phi) is 11.6. The summed E-state index contributed by atoms with van der Waals surface area (Å²) < 4.78 is 15.8. The minimum atomic E-state index is -0.0421. The van der Waals surface area contributed by atoms with Gasteiger partial charge in [0.25, 0.3) is 0 Å². The molecule has 0 radical (unpaired) electrons. The van der Waals surface area contributed by atoms with Crippen LogP contribution < -0.4 is 5.32 Å². The molecule has 1 fully saturated rings. The highest BCUT2D eigenvalue weighted by atomic mass is 16.5. The fourth-order valence-electron chi connectivity index (χ4n) is 2.65. The highest BCUT2D eigenvalue weighted by Gasteiger charge is 2.29. The van der Waals surface area contributed by atoms with Crippen molar-refractivity contribution in [2.24, 2.45) is 0 Å². The zero-order valence-corrected chi connectivity index (χ0v) is 15.1. The van der Waals surface area contributed by atoms with Crippen molar-refractivity contribution in [1.82, 2.24) is 10.2 Å². The SMILES string of the molecule is CCC(=O)CCOCCOCCNC(=O)[C@@H]1CCCN1CCOC.[HH]. The second-order valence-electron chi connectivity index (χ2n) is 5.84. The largest absolute Gasteiger partial charge is 0.383 e. The van der Waals surface area contributed by atoms with Crippen molar-refractivity contribution in [3.05, 3.63) is 0 Å². The van der Waals surface area contributed by atoms with E-state index in [0.717, 1.165) is 25.9 Å². The van der Waals surface area contributed by atoms with Gasteiger partial charge in [-0.15, -0.1) is 0 Å².